The van der Waals surface area contributed by atoms with Crippen molar-refractivity contribution in [2.24, 2.45) is 0 Å². The van der Waals surface area contributed by atoms with Gasteiger partial charge in [0.15, 0.2) is 9.84 Å². The third-order valence-corrected chi connectivity index (χ3v) is 3.80. The summed E-state index contributed by atoms with van der Waals surface area (Å²) in [5.74, 6) is -0.697. The highest BCUT2D eigenvalue weighted by Gasteiger charge is 2.11. The van der Waals surface area contributed by atoms with Gasteiger partial charge in [-0.15, -0.1) is 0 Å². The molecule has 0 aliphatic heterocycles. The van der Waals surface area contributed by atoms with E-state index in [1.54, 1.807) is 12.1 Å². The molecule has 0 aliphatic carbocycles. The topological polar surface area (TPSA) is 60.4 Å². The molecule has 4 nitrogen and oxygen atoms in total. The van der Waals surface area contributed by atoms with Crippen LogP contribution in [0.4, 0.5) is 0 Å². The summed E-state index contributed by atoms with van der Waals surface area (Å²) >= 11 is 0. The molecule has 0 spiro atoms. The molecule has 0 N–H and O–H groups in total. The van der Waals surface area contributed by atoms with Crippen LogP contribution in [-0.4, -0.2) is 21.5 Å². The molecule has 0 radical (unpaired) electrons. The molecular formula is C12H14O4S. The Hall–Kier alpha value is -1.62. The Labute approximate surface area is 101 Å². The van der Waals surface area contributed by atoms with Gasteiger partial charge in [-0.1, -0.05) is 6.07 Å². The van der Waals surface area contributed by atoms with E-state index in [-0.39, 0.29) is 4.90 Å². The summed E-state index contributed by atoms with van der Waals surface area (Å²) in [5.41, 5.74) is 1.90. The van der Waals surface area contributed by atoms with Crippen LogP contribution in [0.3, 0.4) is 0 Å². The third kappa shape index (κ3) is 3.42. The lowest BCUT2D eigenvalue weighted by molar-refractivity contribution is -0.134. The van der Waals surface area contributed by atoms with E-state index in [4.69, 9.17) is 0 Å². The number of rotatable bonds is 3. The summed E-state index contributed by atoms with van der Waals surface area (Å²) in [5, 5.41) is 0.850. The number of esters is 1. The molecule has 0 saturated carbocycles. The van der Waals surface area contributed by atoms with Gasteiger partial charge in [-0.05, 0) is 37.1 Å². The molecule has 92 valence electrons. The van der Waals surface area contributed by atoms with Gasteiger partial charge in [0.1, 0.15) is 0 Å². The van der Waals surface area contributed by atoms with Crippen molar-refractivity contribution >= 4 is 15.8 Å². The Kier molecular flexibility index (Phi) is 4.07. The van der Waals surface area contributed by atoms with Gasteiger partial charge in [0.2, 0.25) is 0 Å². The minimum Gasteiger partial charge on any atom is -0.466 e. The van der Waals surface area contributed by atoms with Crippen LogP contribution in [0.1, 0.15) is 11.1 Å². The fraction of sp³-hybridized carbons (Fsp3) is 0.250. The zero-order valence-corrected chi connectivity index (χ0v) is 10.7. The number of sulfone groups is 1. The van der Waals surface area contributed by atoms with Gasteiger partial charge in [-0.3, -0.25) is 0 Å². The van der Waals surface area contributed by atoms with Crippen molar-refractivity contribution in [1.82, 2.24) is 0 Å². The van der Waals surface area contributed by atoms with E-state index >= 15 is 0 Å². The number of hydrogen-bond donors (Lipinski definition) is 0. The molecule has 17 heavy (non-hydrogen) atoms. The van der Waals surface area contributed by atoms with Gasteiger partial charge < -0.3 is 4.74 Å². The van der Waals surface area contributed by atoms with E-state index in [0.717, 1.165) is 22.6 Å². The number of carbonyl (C=O) groups is 1. The van der Waals surface area contributed by atoms with Crippen LogP contribution < -0.4 is 0 Å². The van der Waals surface area contributed by atoms with Crippen LogP contribution in [0.5, 0.6) is 0 Å². The summed E-state index contributed by atoms with van der Waals surface area (Å²) in [4.78, 5) is 11.0. The molecule has 0 aliphatic rings. The van der Waals surface area contributed by atoms with Gasteiger partial charge in [-0.25, -0.2) is 13.2 Å². The Morgan fingerprint density at radius 3 is 2.41 bits per heavy atom. The maximum atomic E-state index is 11.8. The van der Waals surface area contributed by atoms with E-state index < -0.39 is 15.8 Å². The van der Waals surface area contributed by atoms with Gasteiger partial charge in [0.05, 0.1) is 12.0 Å². The minimum absolute atomic E-state index is 0.167. The van der Waals surface area contributed by atoms with Crippen LogP contribution in [-0.2, 0) is 19.4 Å². The Bertz CT molecular complexity index is 556. The molecule has 0 amide bonds. The molecule has 5 heteroatoms. The summed E-state index contributed by atoms with van der Waals surface area (Å²) < 4.78 is 28.0. The van der Waals surface area contributed by atoms with Crippen LogP contribution in [0, 0.1) is 13.8 Å². The molecule has 0 bridgehead atoms. The minimum atomic E-state index is -3.59. The molecule has 0 heterocycles. The van der Waals surface area contributed by atoms with E-state index in [0.29, 0.717) is 0 Å². The first kappa shape index (κ1) is 13.4. The van der Waals surface area contributed by atoms with E-state index in [9.17, 15) is 13.2 Å². The number of ether oxygens (including phenoxy) is 1. The number of aryl methyl sites for hydroxylation is 2. The molecule has 0 fully saturated rings. The second-order valence-electron chi connectivity index (χ2n) is 3.62. The quantitative estimate of drug-likeness (QED) is 0.609. The first-order valence-corrected chi connectivity index (χ1v) is 6.50. The lowest BCUT2D eigenvalue weighted by atomic mass is 10.1. The van der Waals surface area contributed by atoms with Crippen molar-refractivity contribution in [1.29, 1.82) is 0 Å². The van der Waals surface area contributed by atoms with Crippen LogP contribution in [0.15, 0.2) is 34.6 Å². The molecular weight excluding hydrogens is 240 g/mol. The summed E-state index contributed by atoms with van der Waals surface area (Å²) in [6, 6.07) is 4.82. The van der Waals surface area contributed by atoms with Crippen LogP contribution in [0.25, 0.3) is 0 Å². The van der Waals surface area contributed by atoms with Crippen molar-refractivity contribution in [3.05, 3.63) is 40.8 Å². The van der Waals surface area contributed by atoms with Crippen molar-refractivity contribution < 1.29 is 17.9 Å². The Morgan fingerprint density at radius 1 is 1.24 bits per heavy atom. The zero-order valence-electron chi connectivity index (χ0n) is 9.93. The predicted octanol–water partition coefficient (Wildman–Crippen LogP) is 1.76. The van der Waals surface area contributed by atoms with E-state index in [2.05, 4.69) is 4.74 Å². The van der Waals surface area contributed by atoms with Crippen molar-refractivity contribution in [2.75, 3.05) is 7.11 Å². The maximum absolute atomic E-state index is 11.8. The number of methoxy groups -OCH3 is 1. The zero-order chi connectivity index (χ0) is 13.1. The molecule has 0 atom stereocenters. The standard InChI is InChI=1S/C12H14O4S/c1-9-4-5-11(8-10(9)2)17(14,15)7-6-12(13)16-3/h4-8H,1-3H3/b7-6+. The fourth-order valence-corrected chi connectivity index (χ4v) is 2.23. The summed E-state index contributed by atoms with van der Waals surface area (Å²) in [6.45, 7) is 3.73. The largest absolute Gasteiger partial charge is 0.466 e. The molecule has 1 rings (SSSR count). The predicted molar refractivity (Wildman–Crippen MR) is 64.3 cm³/mol. The average molecular weight is 254 g/mol. The molecule has 0 saturated heterocycles. The monoisotopic (exact) mass is 254 g/mol. The van der Waals surface area contributed by atoms with E-state index in [1.165, 1.54) is 13.2 Å². The Morgan fingerprint density at radius 2 is 1.88 bits per heavy atom. The van der Waals surface area contributed by atoms with Crippen molar-refractivity contribution in [3.63, 3.8) is 0 Å². The van der Waals surface area contributed by atoms with Gasteiger partial charge in [0, 0.05) is 11.5 Å². The maximum Gasteiger partial charge on any atom is 0.331 e. The molecule has 0 aromatic heterocycles. The normalized spacial score (nSPS) is 11.7. The lowest BCUT2D eigenvalue weighted by Gasteiger charge is -2.03. The SMILES string of the molecule is COC(=O)/C=C/S(=O)(=O)c1ccc(C)c(C)c1. The number of benzene rings is 1. The highest BCUT2D eigenvalue weighted by atomic mass is 32.2. The average Bonchev–Trinajstić information content (AvgIpc) is 2.29. The van der Waals surface area contributed by atoms with Crippen molar-refractivity contribution in [2.45, 2.75) is 18.7 Å². The van der Waals surface area contributed by atoms with Gasteiger partial charge >= 0.3 is 5.97 Å². The highest BCUT2D eigenvalue weighted by Crippen LogP contribution is 2.16. The molecule has 1 aromatic rings. The van der Waals surface area contributed by atoms with Gasteiger partial charge in [0.25, 0.3) is 0 Å². The second kappa shape index (κ2) is 5.14. The van der Waals surface area contributed by atoms with Crippen LogP contribution in [0.2, 0.25) is 0 Å². The summed E-state index contributed by atoms with van der Waals surface area (Å²) in [7, 11) is -2.40. The first-order valence-electron chi connectivity index (χ1n) is 4.95. The van der Waals surface area contributed by atoms with Gasteiger partial charge in [-0.2, -0.15) is 0 Å². The molecule has 0 unspecified atom stereocenters. The highest BCUT2D eigenvalue weighted by molar-refractivity contribution is 7.94. The smallest absolute Gasteiger partial charge is 0.331 e. The van der Waals surface area contributed by atoms with Crippen molar-refractivity contribution in [3.8, 4) is 0 Å². The Balaban J connectivity index is 3.10. The first-order chi connectivity index (χ1) is 7.86. The summed E-state index contributed by atoms with van der Waals surface area (Å²) in [6.07, 6.45) is 0.893. The molecule has 1 aromatic carbocycles. The lowest BCUT2D eigenvalue weighted by Crippen LogP contribution is -2.00. The fourth-order valence-electron chi connectivity index (χ4n) is 1.18. The number of hydrogen-bond acceptors (Lipinski definition) is 4. The number of carbonyl (C=O) groups excluding carboxylic acids is 1. The third-order valence-electron chi connectivity index (χ3n) is 2.39. The van der Waals surface area contributed by atoms with Crippen LogP contribution >= 0.6 is 0 Å². The van der Waals surface area contributed by atoms with E-state index in [1.807, 2.05) is 13.8 Å². The second-order valence-corrected chi connectivity index (χ2v) is 5.45.